The Hall–Kier alpha value is -1.38. The van der Waals surface area contributed by atoms with Gasteiger partial charge in [0, 0.05) is 31.8 Å². The summed E-state index contributed by atoms with van der Waals surface area (Å²) in [6, 6.07) is 7.12. The van der Waals surface area contributed by atoms with E-state index in [0.29, 0.717) is 12.6 Å². The lowest BCUT2D eigenvalue weighted by Crippen LogP contribution is -2.44. The van der Waals surface area contributed by atoms with Crippen LogP contribution in [0.3, 0.4) is 0 Å². The summed E-state index contributed by atoms with van der Waals surface area (Å²) in [6.07, 6.45) is 4.89. The topological polar surface area (TPSA) is 79.6 Å². The smallest absolute Gasteiger partial charge is 0.269 e. The summed E-state index contributed by atoms with van der Waals surface area (Å²) in [5.74, 6) is 1.51. The van der Waals surface area contributed by atoms with Crippen molar-refractivity contribution in [1.29, 1.82) is 0 Å². The van der Waals surface area contributed by atoms with Crippen molar-refractivity contribution in [3.05, 3.63) is 39.9 Å². The van der Waals surface area contributed by atoms with E-state index in [9.17, 15) is 10.1 Å². The molecule has 7 heteroatoms. The minimum atomic E-state index is -0.375. The zero-order valence-corrected chi connectivity index (χ0v) is 15.9. The summed E-state index contributed by atoms with van der Waals surface area (Å²) in [6.45, 7) is 2.80. The van der Waals surface area contributed by atoms with Crippen LogP contribution in [0.15, 0.2) is 29.3 Å². The fraction of sp³-hybridized carbons (Fsp3) is 0.562. The summed E-state index contributed by atoms with van der Waals surface area (Å²) in [4.78, 5) is 14.7. The van der Waals surface area contributed by atoms with Crippen LogP contribution in [-0.2, 0) is 6.54 Å². The third-order valence-electron chi connectivity index (χ3n) is 4.08. The highest BCUT2D eigenvalue weighted by atomic mass is 127. The highest BCUT2D eigenvalue weighted by molar-refractivity contribution is 14.0. The van der Waals surface area contributed by atoms with E-state index >= 15 is 0 Å². The molecule has 0 heterocycles. The minimum absolute atomic E-state index is 0. The fourth-order valence-electron chi connectivity index (χ4n) is 2.92. The number of nitrogens with zero attached hydrogens (tertiary/aromatic N) is 2. The molecule has 0 aliphatic heterocycles. The van der Waals surface area contributed by atoms with Crippen LogP contribution < -0.4 is 10.6 Å². The number of hydrogen-bond acceptors (Lipinski definition) is 3. The van der Waals surface area contributed by atoms with E-state index < -0.39 is 0 Å². The maximum Gasteiger partial charge on any atom is 0.269 e. The molecule has 1 aromatic carbocycles. The first-order chi connectivity index (χ1) is 10.6. The minimum Gasteiger partial charge on any atom is -0.354 e. The van der Waals surface area contributed by atoms with Gasteiger partial charge in [-0.2, -0.15) is 0 Å². The van der Waals surface area contributed by atoms with E-state index in [1.54, 1.807) is 19.2 Å². The molecule has 0 saturated heterocycles. The fourth-order valence-corrected chi connectivity index (χ4v) is 2.92. The number of rotatable bonds is 4. The van der Waals surface area contributed by atoms with Gasteiger partial charge in [-0.25, -0.2) is 0 Å². The summed E-state index contributed by atoms with van der Waals surface area (Å²) in [7, 11) is 1.75. The molecule has 2 unspecified atom stereocenters. The Bertz CT molecular complexity index is 551. The van der Waals surface area contributed by atoms with Crippen LogP contribution >= 0.6 is 24.0 Å². The molecule has 6 nitrogen and oxygen atoms in total. The van der Waals surface area contributed by atoms with Crippen molar-refractivity contribution in [2.75, 3.05) is 7.05 Å². The van der Waals surface area contributed by atoms with Gasteiger partial charge in [0.1, 0.15) is 0 Å². The number of nitrogens with one attached hydrogen (secondary N) is 2. The first-order valence-electron chi connectivity index (χ1n) is 7.79. The number of hydrogen-bond donors (Lipinski definition) is 2. The van der Waals surface area contributed by atoms with E-state index in [1.807, 2.05) is 6.07 Å². The van der Waals surface area contributed by atoms with Gasteiger partial charge in [-0.05, 0) is 24.3 Å². The SMILES string of the molecule is CN=C(NCc1cccc([N+](=O)[O-])c1)NC1CCCC(C)C1.I. The van der Waals surface area contributed by atoms with Crippen molar-refractivity contribution in [2.45, 2.75) is 45.2 Å². The molecule has 1 aromatic rings. The predicted molar refractivity (Wildman–Crippen MR) is 103 cm³/mol. The van der Waals surface area contributed by atoms with Gasteiger partial charge in [-0.1, -0.05) is 31.9 Å². The molecule has 0 radical (unpaired) electrons. The third-order valence-corrected chi connectivity index (χ3v) is 4.08. The van der Waals surface area contributed by atoms with Crippen molar-refractivity contribution in [2.24, 2.45) is 10.9 Å². The second-order valence-corrected chi connectivity index (χ2v) is 5.97. The highest BCUT2D eigenvalue weighted by Crippen LogP contribution is 2.23. The highest BCUT2D eigenvalue weighted by Gasteiger charge is 2.19. The zero-order chi connectivity index (χ0) is 15.9. The molecule has 1 fully saturated rings. The molecule has 0 spiro atoms. The van der Waals surface area contributed by atoms with Crippen molar-refractivity contribution in [3.8, 4) is 0 Å². The maximum atomic E-state index is 10.8. The van der Waals surface area contributed by atoms with Crippen molar-refractivity contribution >= 4 is 35.6 Å². The van der Waals surface area contributed by atoms with Crippen molar-refractivity contribution in [1.82, 2.24) is 10.6 Å². The Labute approximate surface area is 154 Å². The van der Waals surface area contributed by atoms with Crippen molar-refractivity contribution in [3.63, 3.8) is 0 Å². The van der Waals surface area contributed by atoms with Crippen LogP contribution in [0.4, 0.5) is 5.69 Å². The standard InChI is InChI=1S/C16H24N4O2.HI/c1-12-5-3-7-14(9-12)19-16(17-2)18-11-13-6-4-8-15(10-13)20(21)22;/h4,6,8,10,12,14H,3,5,7,9,11H2,1-2H3,(H2,17,18,19);1H. The Kier molecular flexibility index (Phi) is 8.29. The van der Waals surface area contributed by atoms with Crippen LogP contribution in [0.2, 0.25) is 0 Å². The van der Waals surface area contributed by atoms with Gasteiger partial charge in [-0.3, -0.25) is 15.1 Å². The number of guanidine groups is 1. The van der Waals surface area contributed by atoms with E-state index in [1.165, 1.54) is 25.3 Å². The van der Waals surface area contributed by atoms with E-state index in [-0.39, 0.29) is 34.6 Å². The molecular formula is C16H25IN4O2. The molecule has 0 aromatic heterocycles. The largest absolute Gasteiger partial charge is 0.354 e. The number of non-ortho nitro benzene ring substituents is 1. The maximum absolute atomic E-state index is 10.8. The van der Waals surface area contributed by atoms with Gasteiger partial charge >= 0.3 is 0 Å². The van der Waals surface area contributed by atoms with Gasteiger partial charge in [0.05, 0.1) is 4.92 Å². The number of nitro benzene ring substituents is 1. The Balaban J connectivity index is 0.00000264. The average molecular weight is 432 g/mol. The van der Waals surface area contributed by atoms with Crippen LogP contribution in [-0.4, -0.2) is 24.0 Å². The Morgan fingerprint density at radius 3 is 2.87 bits per heavy atom. The lowest BCUT2D eigenvalue weighted by atomic mass is 9.87. The first kappa shape index (κ1) is 19.7. The van der Waals surface area contributed by atoms with E-state index in [4.69, 9.17) is 0 Å². The van der Waals surface area contributed by atoms with Crippen molar-refractivity contribution < 1.29 is 4.92 Å². The van der Waals surface area contributed by atoms with Gasteiger partial charge in [0.2, 0.25) is 0 Å². The quantitative estimate of drug-likeness (QED) is 0.251. The van der Waals surface area contributed by atoms with Gasteiger partial charge in [0.25, 0.3) is 5.69 Å². The molecule has 0 amide bonds. The molecule has 2 rings (SSSR count). The lowest BCUT2D eigenvalue weighted by Gasteiger charge is -2.28. The van der Waals surface area contributed by atoms with Gasteiger partial charge in [-0.15, -0.1) is 24.0 Å². The van der Waals surface area contributed by atoms with Crippen LogP contribution in [0.1, 0.15) is 38.2 Å². The van der Waals surface area contributed by atoms with Gasteiger partial charge in [0.15, 0.2) is 5.96 Å². The molecule has 2 atom stereocenters. The third kappa shape index (κ3) is 6.32. The summed E-state index contributed by atoms with van der Waals surface area (Å²) < 4.78 is 0. The molecule has 128 valence electrons. The van der Waals surface area contributed by atoms with Crippen LogP contribution in [0, 0.1) is 16.0 Å². The summed E-state index contributed by atoms with van der Waals surface area (Å²) in [5, 5.41) is 17.5. The Morgan fingerprint density at radius 1 is 1.43 bits per heavy atom. The average Bonchev–Trinajstić information content (AvgIpc) is 2.51. The first-order valence-corrected chi connectivity index (χ1v) is 7.79. The molecule has 2 N–H and O–H groups in total. The second kappa shape index (κ2) is 9.69. The molecule has 1 aliphatic rings. The molecule has 23 heavy (non-hydrogen) atoms. The summed E-state index contributed by atoms with van der Waals surface area (Å²) >= 11 is 0. The normalized spacial score (nSPS) is 21.2. The number of benzene rings is 1. The van der Waals surface area contributed by atoms with Crippen LogP contribution in [0.5, 0.6) is 0 Å². The predicted octanol–water partition coefficient (Wildman–Crippen LogP) is 3.46. The number of aliphatic imine (C=N–C) groups is 1. The molecule has 1 aliphatic carbocycles. The lowest BCUT2D eigenvalue weighted by molar-refractivity contribution is -0.384. The molecule has 1 saturated carbocycles. The summed E-state index contributed by atoms with van der Waals surface area (Å²) in [5.41, 5.74) is 0.984. The Morgan fingerprint density at radius 2 is 2.22 bits per heavy atom. The number of halogens is 1. The van der Waals surface area contributed by atoms with E-state index in [2.05, 4.69) is 22.5 Å². The van der Waals surface area contributed by atoms with Gasteiger partial charge < -0.3 is 10.6 Å². The second-order valence-electron chi connectivity index (χ2n) is 5.97. The molecular weight excluding hydrogens is 407 g/mol. The van der Waals surface area contributed by atoms with Crippen LogP contribution in [0.25, 0.3) is 0 Å². The monoisotopic (exact) mass is 432 g/mol. The van der Waals surface area contributed by atoms with E-state index in [0.717, 1.165) is 23.9 Å². The number of nitro groups is 1. The zero-order valence-electron chi connectivity index (χ0n) is 13.6. The molecule has 0 bridgehead atoms.